The van der Waals surface area contributed by atoms with Gasteiger partial charge in [-0.25, -0.2) is 0 Å². The molecule has 4 atom stereocenters. The molecule has 1 aromatic rings. The maximum Gasteiger partial charge on any atom is 0.255 e. The number of carbonyl (C=O) groups is 2. The third-order valence-corrected chi connectivity index (χ3v) is 7.07. The van der Waals surface area contributed by atoms with Crippen molar-refractivity contribution in [1.29, 1.82) is 0 Å². The molecule has 1 spiro atoms. The lowest BCUT2D eigenvalue weighted by Gasteiger charge is -2.60. The van der Waals surface area contributed by atoms with Gasteiger partial charge in [0.2, 0.25) is 5.91 Å². The van der Waals surface area contributed by atoms with Gasteiger partial charge in [0.25, 0.3) is 5.91 Å². The molecule has 1 aromatic carbocycles. The Bertz CT molecular complexity index is 780. The van der Waals surface area contributed by atoms with Gasteiger partial charge in [-0.05, 0) is 70.3 Å². The van der Waals surface area contributed by atoms with Crippen LogP contribution in [0.15, 0.2) is 24.3 Å². The Kier molecular flexibility index (Phi) is 4.86. The summed E-state index contributed by atoms with van der Waals surface area (Å²) in [5, 5.41) is 10.1. The summed E-state index contributed by atoms with van der Waals surface area (Å²) in [6.07, 6.45) is 4.65. The van der Waals surface area contributed by atoms with E-state index in [9.17, 15) is 9.59 Å². The molecule has 4 aliphatic rings. The first-order chi connectivity index (χ1) is 13.3. The average Bonchev–Trinajstić information content (AvgIpc) is 2.64. The summed E-state index contributed by atoms with van der Waals surface area (Å²) in [4.78, 5) is 27.8. The molecule has 3 fully saturated rings. The molecule has 3 N–H and O–H groups in total. The number of anilines is 1. The zero-order chi connectivity index (χ0) is 19.9. The molecule has 28 heavy (non-hydrogen) atoms. The fraction of sp³-hybridized carbons (Fsp3) is 0.636. The number of hydrogen-bond acceptors (Lipinski definition) is 4. The summed E-state index contributed by atoms with van der Waals surface area (Å²) >= 11 is 0. The molecule has 3 aliphatic carbocycles. The van der Waals surface area contributed by atoms with E-state index < -0.39 is 5.66 Å². The van der Waals surface area contributed by atoms with Crippen molar-refractivity contribution in [2.45, 2.75) is 44.7 Å². The zero-order valence-corrected chi connectivity index (χ0v) is 17.2. The van der Waals surface area contributed by atoms with Crippen molar-refractivity contribution >= 4 is 17.5 Å². The number of benzene rings is 1. The molecule has 0 saturated heterocycles. The highest BCUT2D eigenvalue weighted by molar-refractivity contribution is 6.02. The summed E-state index contributed by atoms with van der Waals surface area (Å²) < 4.78 is 0. The summed E-state index contributed by atoms with van der Waals surface area (Å²) in [5.74, 6) is 0.467. The SMILES string of the molecule is CN(C)CCCNC(=O)[C@H]1C[C@H]2CC[C@]1(C)C[C@]21NC(=O)c2ccccc2N1. The number of nitrogens with one attached hydrogen (secondary N) is 3. The maximum absolute atomic E-state index is 12.9. The first-order valence-corrected chi connectivity index (χ1v) is 10.5. The second kappa shape index (κ2) is 7.07. The molecule has 5 rings (SSSR count). The minimum Gasteiger partial charge on any atom is -0.362 e. The van der Waals surface area contributed by atoms with Gasteiger partial charge in [0, 0.05) is 24.1 Å². The molecule has 3 saturated carbocycles. The minimum atomic E-state index is -0.430. The van der Waals surface area contributed by atoms with Crippen LogP contribution in [-0.4, -0.2) is 49.6 Å². The van der Waals surface area contributed by atoms with Crippen molar-refractivity contribution in [3.05, 3.63) is 29.8 Å². The standard InChI is InChI=1S/C22H32N4O2/c1-21-10-9-15(13-17(21)20(28)23-11-6-12-26(2)3)22(14-21)24-18-8-5-4-7-16(18)19(27)25-22/h4-5,7-8,15,17,24H,6,9-14H2,1-3H3,(H,23,28)(H,25,27)/t15-,17-,21-,22+/m1/s1. The van der Waals surface area contributed by atoms with Gasteiger partial charge in [-0.2, -0.15) is 0 Å². The van der Waals surface area contributed by atoms with Crippen LogP contribution in [-0.2, 0) is 4.79 Å². The lowest BCUT2D eigenvalue weighted by molar-refractivity contribution is -0.139. The Labute approximate surface area is 167 Å². The van der Waals surface area contributed by atoms with Gasteiger partial charge < -0.3 is 20.9 Å². The van der Waals surface area contributed by atoms with E-state index in [1.165, 1.54) is 0 Å². The van der Waals surface area contributed by atoms with Crippen molar-refractivity contribution < 1.29 is 9.59 Å². The molecule has 1 heterocycles. The van der Waals surface area contributed by atoms with E-state index in [1.54, 1.807) is 0 Å². The van der Waals surface area contributed by atoms with E-state index in [0.717, 1.165) is 50.9 Å². The topological polar surface area (TPSA) is 73.5 Å². The summed E-state index contributed by atoms with van der Waals surface area (Å²) in [7, 11) is 4.10. The van der Waals surface area contributed by atoms with Gasteiger partial charge in [0.05, 0.1) is 5.56 Å². The van der Waals surface area contributed by atoms with Crippen LogP contribution in [0.25, 0.3) is 0 Å². The lowest BCUT2D eigenvalue weighted by atomic mass is 9.51. The van der Waals surface area contributed by atoms with Crippen LogP contribution in [0.1, 0.15) is 49.4 Å². The normalized spacial score (nSPS) is 33.4. The van der Waals surface area contributed by atoms with Gasteiger partial charge in [-0.3, -0.25) is 9.59 Å². The van der Waals surface area contributed by atoms with Crippen molar-refractivity contribution in [3.63, 3.8) is 0 Å². The minimum absolute atomic E-state index is 0.00446. The van der Waals surface area contributed by atoms with Crippen LogP contribution < -0.4 is 16.0 Å². The monoisotopic (exact) mass is 384 g/mol. The van der Waals surface area contributed by atoms with E-state index >= 15 is 0 Å². The van der Waals surface area contributed by atoms with Crippen molar-refractivity contribution in [2.24, 2.45) is 17.3 Å². The second-order valence-corrected chi connectivity index (χ2v) is 9.40. The Balaban J connectivity index is 1.48. The van der Waals surface area contributed by atoms with E-state index in [-0.39, 0.29) is 29.1 Å². The largest absolute Gasteiger partial charge is 0.362 e. The smallest absolute Gasteiger partial charge is 0.255 e. The predicted molar refractivity (Wildman–Crippen MR) is 110 cm³/mol. The van der Waals surface area contributed by atoms with E-state index in [2.05, 4.69) is 27.8 Å². The van der Waals surface area contributed by atoms with Crippen molar-refractivity contribution in [3.8, 4) is 0 Å². The molecule has 0 unspecified atom stereocenters. The zero-order valence-electron chi connectivity index (χ0n) is 17.2. The van der Waals surface area contributed by atoms with E-state index in [4.69, 9.17) is 0 Å². The first kappa shape index (κ1) is 19.2. The summed E-state index contributed by atoms with van der Waals surface area (Å²) in [6.45, 7) is 3.92. The fourth-order valence-corrected chi connectivity index (χ4v) is 5.58. The van der Waals surface area contributed by atoms with Crippen LogP contribution in [0.2, 0.25) is 0 Å². The number of hydrogen-bond donors (Lipinski definition) is 3. The molecule has 6 heteroatoms. The third kappa shape index (κ3) is 3.28. The molecule has 152 valence electrons. The van der Waals surface area contributed by atoms with Gasteiger partial charge in [0.1, 0.15) is 5.66 Å². The highest BCUT2D eigenvalue weighted by Gasteiger charge is 2.60. The maximum atomic E-state index is 12.9. The van der Waals surface area contributed by atoms with Gasteiger partial charge >= 0.3 is 0 Å². The summed E-state index contributed by atoms with van der Waals surface area (Å²) in [6, 6.07) is 7.70. The second-order valence-electron chi connectivity index (χ2n) is 9.40. The number of amides is 2. The number of carbonyl (C=O) groups excluding carboxylic acids is 2. The molecule has 2 bridgehead atoms. The fourth-order valence-electron chi connectivity index (χ4n) is 5.58. The Morgan fingerprint density at radius 1 is 1.29 bits per heavy atom. The predicted octanol–water partition coefficient (Wildman–Crippen LogP) is 2.43. The molecular formula is C22H32N4O2. The Hall–Kier alpha value is -2.08. The number of rotatable bonds is 5. The van der Waals surface area contributed by atoms with Crippen LogP contribution in [0.4, 0.5) is 5.69 Å². The first-order valence-electron chi connectivity index (χ1n) is 10.5. The number of nitrogens with zero attached hydrogens (tertiary/aromatic N) is 1. The Morgan fingerprint density at radius 2 is 2.07 bits per heavy atom. The van der Waals surface area contributed by atoms with Crippen LogP contribution in [0.5, 0.6) is 0 Å². The molecule has 6 nitrogen and oxygen atoms in total. The number of para-hydroxylation sites is 1. The molecule has 0 radical (unpaired) electrons. The quantitative estimate of drug-likeness (QED) is 0.682. The van der Waals surface area contributed by atoms with E-state index in [0.29, 0.717) is 5.56 Å². The van der Waals surface area contributed by atoms with E-state index in [1.807, 2.05) is 38.4 Å². The molecule has 0 aromatic heterocycles. The number of fused-ring (bicyclic) bond motifs is 3. The van der Waals surface area contributed by atoms with Crippen LogP contribution in [0, 0.1) is 17.3 Å². The van der Waals surface area contributed by atoms with Gasteiger partial charge in [0.15, 0.2) is 0 Å². The highest BCUT2D eigenvalue weighted by atomic mass is 16.2. The van der Waals surface area contributed by atoms with Crippen molar-refractivity contribution in [2.75, 3.05) is 32.5 Å². The van der Waals surface area contributed by atoms with Crippen LogP contribution >= 0.6 is 0 Å². The van der Waals surface area contributed by atoms with Gasteiger partial charge in [-0.15, -0.1) is 0 Å². The molecular weight excluding hydrogens is 352 g/mol. The lowest BCUT2D eigenvalue weighted by Crippen LogP contribution is -2.70. The third-order valence-electron chi connectivity index (χ3n) is 7.07. The van der Waals surface area contributed by atoms with Crippen molar-refractivity contribution in [1.82, 2.24) is 15.5 Å². The highest BCUT2D eigenvalue weighted by Crippen LogP contribution is 2.58. The molecule has 2 amide bonds. The summed E-state index contributed by atoms with van der Waals surface area (Å²) in [5.41, 5.74) is 1.08. The van der Waals surface area contributed by atoms with Crippen LogP contribution in [0.3, 0.4) is 0 Å². The van der Waals surface area contributed by atoms with Gasteiger partial charge in [-0.1, -0.05) is 19.1 Å². The Morgan fingerprint density at radius 3 is 2.82 bits per heavy atom. The molecule has 1 aliphatic heterocycles. The average molecular weight is 385 g/mol.